The van der Waals surface area contributed by atoms with Gasteiger partial charge in [-0.3, -0.25) is 0 Å². The Labute approximate surface area is 80.2 Å². The van der Waals surface area contributed by atoms with Crippen LogP contribution < -0.4 is 10.8 Å². The van der Waals surface area contributed by atoms with Crippen molar-refractivity contribution in [1.82, 2.24) is 10.8 Å². The number of hydrogen-bond donors (Lipinski definition) is 2. The molecule has 2 aliphatic rings. The molecule has 0 amide bonds. The van der Waals surface area contributed by atoms with Gasteiger partial charge in [-0.15, -0.1) is 0 Å². The number of rotatable bonds is 1. The van der Waals surface area contributed by atoms with Crippen molar-refractivity contribution < 1.29 is 4.84 Å². The number of nitrogens with one attached hydrogen (secondary N) is 2. The van der Waals surface area contributed by atoms with E-state index >= 15 is 0 Å². The van der Waals surface area contributed by atoms with E-state index in [1.54, 1.807) is 0 Å². The van der Waals surface area contributed by atoms with Crippen LogP contribution in [0.4, 0.5) is 0 Å². The molecular weight excluding hydrogens is 164 g/mol. The average molecular weight is 184 g/mol. The van der Waals surface area contributed by atoms with Crippen LogP contribution in [0.15, 0.2) is 0 Å². The van der Waals surface area contributed by atoms with E-state index in [0.717, 1.165) is 18.4 Å². The summed E-state index contributed by atoms with van der Waals surface area (Å²) in [6.07, 6.45) is 3.80. The van der Waals surface area contributed by atoms with Crippen molar-refractivity contribution in [3.63, 3.8) is 0 Å². The Morgan fingerprint density at radius 1 is 1.31 bits per heavy atom. The maximum Gasteiger partial charge on any atom is 0.0682 e. The Kier molecular flexibility index (Phi) is 3.19. The summed E-state index contributed by atoms with van der Waals surface area (Å²) in [4.78, 5) is 5.31. The normalized spacial score (nSPS) is 41.8. The van der Waals surface area contributed by atoms with Gasteiger partial charge in [-0.05, 0) is 44.2 Å². The van der Waals surface area contributed by atoms with Crippen LogP contribution in [0.25, 0.3) is 0 Å². The number of piperidine rings is 1. The van der Waals surface area contributed by atoms with Crippen LogP contribution in [0.5, 0.6) is 0 Å². The molecule has 3 heteroatoms. The molecule has 0 saturated carbocycles. The Bertz CT molecular complexity index is 157. The molecule has 0 aromatic carbocycles. The van der Waals surface area contributed by atoms with Gasteiger partial charge in [0, 0.05) is 6.04 Å². The van der Waals surface area contributed by atoms with Gasteiger partial charge in [0.05, 0.1) is 6.61 Å². The predicted octanol–water partition coefficient (Wildman–Crippen LogP) is 0.916. The van der Waals surface area contributed by atoms with Gasteiger partial charge < -0.3 is 10.2 Å². The molecule has 0 aromatic heterocycles. The molecule has 0 bridgehead atoms. The topological polar surface area (TPSA) is 33.3 Å². The maximum atomic E-state index is 5.31. The summed E-state index contributed by atoms with van der Waals surface area (Å²) >= 11 is 0. The van der Waals surface area contributed by atoms with Crippen LogP contribution in [-0.2, 0) is 4.84 Å². The van der Waals surface area contributed by atoms with Crippen molar-refractivity contribution in [3.8, 4) is 0 Å². The minimum atomic E-state index is 0.603. The van der Waals surface area contributed by atoms with Crippen molar-refractivity contribution in [3.05, 3.63) is 0 Å². The monoisotopic (exact) mass is 184 g/mol. The van der Waals surface area contributed by atoms with E-state index in [0.29, 0.717) is 6.04 Å². The largest absolute Gasteiger partial charge is 0.316 e. The van der Waals surface area contributed by atoms with E-state index in [-0.39, 0.29) is 0 Å². The first-order valence-corrected chi connectivity index (χ1v) is 5.46. The quantitative estimate of drug-likeness (QED) is 0.635. The fourth-order valence-electron chi connectivity index (χ4n) is 2.53. The first kappa shape index (κ1) is 9.44. The third-order valence-corrected chi connectivity index (χ3v) is 3.36. The highest BCUT2D eigenvalue weighted by atomic mass is 16.6. The molecule has 76 valence electrons. The van der Waals surface area contributed by atoms with Gasteiger partial charge in [0.15, 0.2) is 0 Å². The lowest BCUT2D eigenvalue weighted by Gasteiger charge is -2.37. The Morgan fingerprint density at radius 3 is 2.92 bits per heavy atom. The third-order valence-electron chi connectivity index (χ3n) is 3.36. The van der Waals surface area contributed by atoms with Gasteiger partial charge in [0.2, 0.25) is 0 Å². The van der Waals surface area contributed by atoms with Crippen LogP contribution in [0.3, 0.4) is 0 Å². The van der Waals surface area contributed by atoms with E-state index in [1.807, 2.05) is 0 Å². The lowest BCUT2D eigenvalue weighted by molar-refractivity contribution is -0.0454. The summed E-state index contributed by atoms with van der Waals surface area (Å²) in [5.74, 6) is 1.59. The lowest BCUT2D eigenvalue weighted by Crippen LogP contribution is -2.48. The highest BCUT2D eigenvalue weighted by Gasteiger charge is 2.30. The summed E-state index contributed by atoms with van der Waals surface area (Å²) in [7, 11) is 0. The van der Waals surface area contributed by atoms with Crippen LogP contribution in [0.1, 0.15) is 26.2 Å². The van der Waals surface area contributed by atoms with Gasteiger partial charge in [-0.2, -0.15) is 5.48 Å². The number of hydroxylamine groups is 1. The van der Waals surface area contributed by atoms with Crippen LogP contribution in [-0.4, -0.2) is 25.7 Å². The first-order valence-electron chi connectivity index (χ1n) is 5.46. The second-order valence-corrected chi connectivity index (χ2v) is 4.35. The van der Waals surface area contributed by atoms with Crippen LogP contribution >= 0.6 is 0 Å². The minimum Gasteiger partial charge on any atom is -0.316 e. The van der Waals surface area contributed by atoms with Crippen molar-refractivity contribution in [1.29, 1.82) is 0 Å². The molecule has 13 heavy (non-hydrogen) atoms. The molecule has 2 fully saturated rings. The Hall–Kier alpha value is -0.120. The zero-order chi connectivity index (χ0) is 9.10. The van der Waals surface area contributed by atoms with E-state index < -0.39 is 0 Å². The lowest BCUT2D eigenvalue weighted by atomic mass is 9.80. The predicted molar refractivity (Wildman–Crippen MR) is 52.3 cm³/mol. The molecule has 2 rings (SSSR count). The molecule has 2 heterocycles. The molecule has 3 unspecified atom stereocenters. The van der Waals surface area contributed by atoms with Gasteiger partial charge in [0.1, 0.15) is 0 Å². The zero-order valence-corrected chi connectivity index (χ0v) is 8.38. The molecule has 0 spiro atoms. The molecule has 2 saturated heterocycles. The van der Waals surface area contributed by atoms with Crippen molar-refractivity contribution in [2.45, 2.75) is 32.2 Å². The van der Waals surface area contributed by atoms with E-state index in [4.69, 9.17) is 4.84 Å². The molecule has 3 nitrogen and oxygen atoms in total. The highest BCUT2D eigenvalue weighted by molar-refractivity contribution is 4.84. The Balaban J connectivity index is 1.88. The van der Waals surface area contributed by atoms with Crippen molar-refractivity contribution in [2.24, 2.45) is 11.8 Å². The summed E-state index contributed by atoms with van der Waals surface area (Å²) in [5.41, 5.74) is 3.19. The average Bonchev–Trinajstić information content (AvgIpc) is 2.20. The van der Waals surface area contributed by atoms with Gasteiger partial charge in [-0.25, -0.2) is 0 Å². The summed E-state index contributed by atoms with van der Waals surface area (Å²) in [5, 5.41) is 3.43. The fourth-order valence-corrected chi connectivity index (χ4v) is 2.53. The zero-order valence-electron chi connectivity index (χ0n) is 8.38. The van der Waals surface area contributed by atoms with Crippen molar-refractivity contribution >= 4 is 0 Å². The van der Waals surface area contributed by atoms with Gasteiger partial charge >= 0.3 is 0 Å². The highest BCUT2D eigenvalue weighted by Crippen LogP contribution is 2.26. The molecule has 3 atom stereocenters. The summed E-state index contributed by atoms with van der Waals surface area (Å²) in [6, 6.07) is 0.603. The standard InChI is InChI=1S/C10H20N2O/c1-8-7-11-5-4-9(8)10-3-2-6-13-12-10/h8-12H,2-7H2,1H3. The van der Waals surface area contributed by atoms with Crippen LogP contribution in [0, 0.1) is 11.8 Å². The van der Waals surface area contributed by atoms with E-state index in [2.05, 4.69) is 17.7 Å². The molecule has 2 N–H and O–H groups in total. The maximum absolute atomic E-state index is 5.31. The Morgan fingerprint density at radius 2 is 2.23 bits per heavy atom. The molecule has 0 aliphatic carbocycles. The molecule has 0 radical (unpaired) electrons. The SMILES string of the molecule is CC1CNCCC1C1CCCON1. The van der Waals surface area contributed by atoms with Crippen LogP contribution in [0.2, 0.25) is 0 Å². The molecular formula is C10H20N2O. The summed E-state index contributed by atoms with van der Waals surface area (Å²) in [6.45, 7) is 5.57. The third kappa shape index (κ3) is 2.22. The first-order chi connectivity index (χ1) is 6.38. The van der Waals surface area contributed by atoms with Gasteiger partial charge in [-0.1, -0.05) is 6.92 Å². The smallest absolute Gasteiger partial charge is 0.0682 e. The fraction of sp³-hybridized carbons (Fsp3) is 1.00. The molecule has 2 aliphatic heterocycles. The minimum absolute atomic E-state index is 0.603. The van der Waals surface area contributed by atoms with E-state index in [9.17, 15) is 0 Å². The number of hydrogen-bond acceptors (Lipinski definition) is 3. The van der Waals surface area contributed by atoms with E-state index in [1.165, 1.54) is 32.4 Å². The summed E-state index contributed by atoms with van der Waals surface area (Å²) < 4.78 is 0. The van der Waals surface area contributed by atoms with Gasteiger partial charge in [0.25, 0.3) is 0 Å². The second-order valence-electron chi connectivity index (χ2n) is 4.35. The van der Waals surface area contributed by atoms with Crippen molar-refractivity contribution in [2.75, 3.05) is 19.7 Å². The second kappa shape index (κ2) is 4.40. The molecule has 0 aromatic rings.